The number of para-hydroxylation sites is 3. The maximum atomic E-state index is 14.5. The lowest BCUT2D eigenvalue weighted by atomic mass is 9.93. The molecule has 140 valence electrons. The van der Waals surface area contributed by atoms with E-state index < -0.39 is 5.82 Å². The Hall–Kier alpha value is -4.41. The number of aromatic nitrogens is 1. The van der Waals surface area contributed by atoms with E-state index in [9.17, 15) is 14.9 Å². The molecule has 0 aliphatic rings. The van der Waals surface area contributed by atoms with Crippen LogP contribution in [0.5, 0.6) is 0 Å². The number of fused-ring (bicyclic) bond motifs is 3. The molecule has 1 aromatic heterocycles. The fraction of sp³-hybridized carbons (Fsp3) is 0. The Balaban J connectivity index is 2.03. The maximum Gasteiger partial charge on any atom is 0.141 e. The highest BCUT2D eigenvalue weighted by atomic mass is 19.1. The van der Waals surface area contributed by atoms with Crippen LogP contribution in [0.25, 0.3) is 38.6 Å². The molecule has 0 amide bonds. The van der Waals surface area contributed by atoms with Crippen molar-refractivity contribution in [3.8, 4) is 29.0 Å². The molecule has 5 aromatic rings. The Morgan fingerprint density at radius 1 is 0.700 bits per heavy atom. The second-order valence-corrected chi connectivity index (χ2v) is 6.96. The quantitative estimate of drug-likeness (QED) is 0.355. The number of nitriles is 2. The summed E-state index contributed by atoms with van der Waals surface area (Å²) in [5, 5.41) is 21.4. The van der Waals surface area contributed by atoms with E-state index in [-0.39, 0.29) is 11.1 Å². The number of benzene rings is 4. The van der Waals surface area contributed by atoms with Crippen LogP contribution in [0.2, 0.25) is 0 Å². The Labute approximate surface area is 172 Å². The van der Waals surface area contributed by atoms with Crippen molar-refractivity contribution in [2.75, 3.05) is 0 Å². The minimum absolute atomic E-state index is 0.119. The van der Waals surface area contributed by atoms with Crippen LogP contribution >= 0.6 is 0 Å². The van der Waals surface area contributed by atoms with Gasteiger partial charge in [-0.2, -0.15) is 10.5 Å². The van der Waals surface area contributed by atoms with Crippen LogP contribution in [0.15, 0.2) is 84.9 Å². The standard InChI is InChI=1S/C26H14FN3/c27-23-14-13-17(15-28)25(22(23)16-29)21-11-6-10-20-19-9-4-5-12-24(19)30(26(20)21)18-7-2-1-3-8-18/h1-14H. The molecule has 0 bridgehead atoms. The van der Waals surface area contributed by atoms with E-state index in [1.54, 1.807) is 0 Å². The zero-order valence-corrected chi connectivity index (χ0v) is 15.8. The molecule has 0 radical (unpaired) electrons. The normalized spacial score (nSPS) is 10.8. The summed E-state index contributed by atoms with van der Waals surface area (Å²) in [4.78, 5) is 0. The van der Waals surface area contributed by atoms with Crippen LogP contribution in [0.3, 0.4) is 0 Å². The summed E-state index contributed by atoms with van der Waals surface area (Å²) in [5.41, 5.74) is 3.91. The van der Waals surface area contributed by atoms with Gasteiger partial charge in [-0.15, -0.1) is 0 Å². The largest absolute Gasteiger partial charge is 0.309 e. The van der Waals surface area contributed by atoms with Crippen LogP contribution in [0.4, 0.5) is 4.39 Å². The monoisotopic (exact) mass is 387 g/mol. The smallest absolute Gasteiger partial charge is 0.141 e. The van der Waals surface area contributed by atoms with Gasteiger partial charge in [0.15, 0.2) is 0 Å². The minimum Gasteiger partial charge on any atom is -0.309 e. The van der Waals surface area contributed by atoms with E-state index in [1.807, 2.05) is 78.9 Å². The minimum atomic E-state index is -0.633. The molecule has 0 N–H and O–H groups in total. The van der Waals surface area contributed by atoms with Gasteiger partial charge in [0.2, 0.25) is 0 Å². The van der Waals surface area contributed by atoms with Crippen LogP contribution in [0.1, 0.15) is 11.1 Å². The summed E-state index contributed by atoms with van der Waals surface area (Å²) in [6.45, 7) is 0. The third kappa shape index (κ3) is 2.49. The van der Waals surface area contributed by atoms with Crippen molar-refractivity contribution >= 4 is 21.8 Å². The summed E-state index contributed by atoms with van der Waals surface area (Å²) in [5.74, 6) is -0.633. The molecule has 1 heterocycles. The molecule has 0 aliphatic carbocycles. The van der Waals surface area contributed by atoms with Crippen LogP contribution in [-0.2, 0) is 0 Å². The molecule has 5 rings (SSSR count). The molecule has 0 aliphatic heterocycles. The second kappa shape index (κ2) is 6.88. The Morgan fingerprint density at radius 2 is 1.43 bits per heavy atom. The first-order chi connectivity index (χ1) is 14.7. The highest BCUT2D eigenvalue weighted by Crippen LogP contribution is 2.40. The first kappa shape index (κ1) is 17.7. The van der Waals surface area contributed by atoms with Gasteiger partial charge in [-0.25, -0.2) is 4.39 Å². The van der Waals surface area contributed by atoms with Crippen molar-refractivity contribution in [3.05, 3.63) is 102 Å². The summed E-state index contributed by atoms with van der Waals surface area (Å²) in [6.07, 6.45) is 0. The van der Waals surface area contributed by atoms with E-state index in [2.05, 4.69) is 10.6 Å². The average Bonchev–Trinajstić information content (AvgIpc) is 3.14. The van der Waals surface area contributed by atoms with Gasteiger partial charge < -0.3 is 4.57 Å². The Bertz CT molecular complexity index is 1520. The Morgan fingerprint density at radius 3 is 2.20 bits per heavy atom. The Kier molecular flexibility index (Phi) is 4.05. The second-order valence-electron chi connectivity index (χ2n) is 6.96. The van der Waals surface area contributed by atoms with Gasteiger partial charge in [0.25, 0.3) is 0 Å². The lowest BCUT2D eigenvalue weighted by molar-refractivity contribution is 0.624. The highest BCUT2D eigenvalue weighted by molar-refractivity contribution is 6.14. The van der Waals surface area contributed by atoms with Crippen molar-refractivity contribution in [3.63, 3.8) is 0 Å². The lowest BCUT2D eigenvalue weighted by Gasteiger charge is -2.13. The van der Waals surface area contributed by atoms with Crippen molar-refractivity contribution in [2.45, 2.75) is 0 Å². The predicted octanol–water partition coefficient (Wildman–Crippen LogP) is 6.33. The molecule has 3 nitrogen and oxygen atoms in total. The summed E-state index contributed by atoms with van der Waals surface area (Å²) in [7, 11) is 0. The van der Waals surface area contributed by atoms with Gasteiger partial charge in [0.1, 0.15) is 11.9 Å². The van der Waals surface area contributed by atoms with E-state index in [1.165, 1.54) is 12.1 Å². The highest BCUT2D eigenvalue weighted by Gasteiger charge is 2.21. The van der Waals surface area contributed by atoms with Crippen molar-refractivity contribution < 1.29 is 4.39 Å². The van der Waals surface area contributed by atoms with Crippen LogP contribution < -0.4 is 0 Å². The van der Waals surface area contributed by atoms with Gasteiger partial charge in [0, 0.05) is 27.6 Å². The molecular formula is C26H14FN3. The summed E-state index contributed by atoms with van der Waals surface area (Å²) in [6, 6.07) is 30.3. The molecule has 0 spiro atoms. The first-order valence-electron chi connectivity index (χ1n) is 9.45. The number of nitrogens with zero attached hydrogens (tertiary/aromatic N) is 3. The number of rotatable bonds is 2. The molecule has 4 aromatic carbocycles. The maximum absolute atomic E-state index is 14.5. The molecular weight excluding hydrogens is 373 g/mol. The SMILES string of the molecule is N#Cc1ccc(F)c(C#N)c1-c1cccc2c3ccccc3n(-c3ccccc3)c12. The number of hydrogen-bond acceptors (Lipinski definition) is 2. The van der Waals surface area contributed by atoms with Gasteiger partial charge in [-0.05, 0) is 30.3 Å². The van der Waals surface area contributed by atoms with E-state index in [0.717, 1.165) is 27.5 Å². The van der Waals surface area contributed by atoms with E-state index in [0.29, 0.717) is 11.1 Å². The van der Waals surface area contributed by atoms with Crippen LogP contribution in [-0.4, -0.2) is 4.57 Å². The van der Waals surface area contributed by atoms with Crippen molar-refractivity contribution in [2.24, 2.45) is 0 Å². The fourth-order valence-corrected chi connectivity index (χ4v) is 4.13. The summed E-state index contributed by atoms with van der Waals surface area (Å²) >= 11 is 0. The molecule has 0 unspecified atom stereocenters. The van der Waals surface area contributed by atoms with Gasteiger partial charge >= 0.3 is 0 Å². The number of hydrogen-bond donors (Lipinski definition) is 0. The zero-order valence-electron chi connectivity index (χ0n) is 15.8. The molecule has 4 heteroatoms. The van der Waals surface area contributed by atoms with Crippen molar-refractivity contribution in [1.29, 1.82) is 10.5 Å². The summed E-state index contributed by atoms with van der Waals surface area (Å²) < 4.78 is 16.6. The predicted molar refractivity (Wildman–Crippen MR) is 116 cm³/mol. The molecule has 0 saturated heterocycles. The van der Waals surface area contributed by atoms with Crippen molar-refractivity contribution in [1.82, 2.24) is 4.57 Å². The molecule has 30 heavy (non-hydrogen) atoms. The van der Waals surface area contributed by atoms with E-state index >= 15 is 0 Å². The zero-order chi connectivity index (χ0) is 20.7. The molecule has 0 saturated carbocycles. The van der Waals surface area contributed by atoms with Crippen LogP contribution in [0, 0.1) is 28.5 Å². The van der Waals surface area contributed by atoms with E-state index in [4.69, 9.17) is 0 Å². The molecule has 0 fully saturated rings. The van der Waals surface area contributed by atoms with Gasteiger partial charge in [-0.3, -0.25) is 0 Å². The first-order valence-corrected chi connectivity index (χ1v) is 9.45. The number of halogens is 1. The molecule has 0 atom stereocenters. The average molecular weight is 387 g/mol. The fourth-order valence-electron chi connectivity index (χ4n) is 4.13. The van der Waals surface area contributed by atoms with Gasteiger partial charge in [0.05, 0.1) is 28.2 Å². The third-order valence-electron chi connectivity index (χ3n) is 5.37. The lowest BCUT2D eigenvalue weighted by Crippen LogP contribution is -1.99. The van der Waals surface area contributed by atoms with Gasteiger partial charge in [-0.1, -0.05) is 54.6 Å². The third-order valence-corrected chi connectivity index (χ3v) is 5.37. The topological polar surface area (TPSA) is 52.5 Å².